The van der Waals surface area contributed by atoms with Crippen LogP contribution in [-0.4, -0.2) is 82.3 Å². The third-order valence-electron chi connectivity index (χ3n) is 15.8. The number of carbonyl (C=O) groups is 3. The molecule has 87 heavy (non-hydrogen) atoms. The maximum absolute atomic E-state index is 12.9. The van der Waals surface area contributed by atoms with Crippen LogP contribution in [0.1, 0.15) is 322 Å². The number of nitrogens with zero attached hydrogens (tertiary/aromatic N) is 1. The van der Waals surface area contributed by atoms with Crippen LogP contribution in [0.5, 0.6) is 0 Å². The normalized spacial score (nSPS) is 13.3. The second kappa shape index (κ2) is 68.1. The number of carboxylic acids is 1. The van der Waals surface area contributed by atoms with Gasteiger partial charge in [0.15, 0.2) is 12.4 Å². The maximum atomic E-state index is 12.9. The second-order valence-electron chi connectivity index (χ2n) is 25.5. The van der Waals surface area contributed by atoms with Crippen molar-refractivity contribution >= 4 is 17.9 Å². The van der Waals surface area contributed by atoms with Crippen LogP contribution in [0, 0.1) is 0 Å². The van der Waals surface area contributed by atoms with Gasteiger partial charge in [0.25, 0.3) is 0 Å². The van der Waals surface area contributed by atoms with Crippen LogP contribution in [0.4, 0.5) is 0 Å². The van der Waals surface area contributed by atoms with Crippen LogP contribution in [0.15, 0.2) is 97.2 Å². The Morgan fingerprint density at radius 1 is 0.356 bits per heavy atom. The number of quaternary nitrogens is 1. The number of hydrogen-bond donors (Lipinski definition) is 0. The average molecular weight is 1220 g/mol. The van der Waals surface area contributed by atoms with Gasteiger partial charge in [-0.25, -0.2) is 0 Å². The largest absolute Gasteiger partial charge is 0.545 e. The topological polar surface area (TPSA) is 111 Å². The van der Waals surface area contributed by atoms with E-state index in [2.05, 4.69) is 111 Å². The van der Waals surface area contributed by atoms with Crippen LogP contribution in [-0.2, 0) is 33.3 Å². The minimum absolute atomic E-state index is 0.144. The summed E-state index contributed by atoms with van der Waals surface area (Å²) in [7, 11) is 5.93. The number of likely N-dealkylation sites (N-methyl/N-ethyl adjacent to an activating group) is 1. The van der Waals surface area contributed by atoms with E-state index < -0.39 is 24.3 Å². The molecule has 2 atom stereocenters. The van der Waals surface area contributed by atoms with E-state index in [4.69, 9.17) is 18.9 Å². The summed E-state index contributed by atoms with van der Waals surface area (Å²) < 4.78 is 22.8. The van der Waals surface area contributed by atoms with E-state index in [1.165, 1.54) is 199 Å². The van der Waals surface area contributed by atoms with Gasteiger partial charge in [0, 0.05) is 12.8 Å². The number of allylic oxidation sites excluding steroid dienone is 16. The quantitative estimate of drug-likeness (QED) is 0.0195. The lowest BCUT2D eigenvalue weighted by Crippen LogP contribution is -2.44. The molecule has 0 spiro atoms. The molecule has 0 rings (SSSR count). The highest BCUT2D eigenvalue weighted by atomic mass is 16.7. The van der Waals surface area contributed by atoms with Gasteiger partial charge < -0.3 is 33.3 Å². The molecule has 0 fully saturated rings. The molecule has 0 aromatic heterocycles. The smallest absolute Gasteiger partial charge is 0.306 e. The zero-order valence-corrected chi connectivity index (χ0v) is 57.4. The lowest BCUT2D eigenvalue weighted by atomic mass is 10.0. The summed E-state index contributed by atoms with van der Waals surface area (Å²) in [4.78, 5) is 37.5. The van der Waals surface area contributed by atoms with Crippen molar-refractivity contribution in [1.82, 2.24) is 0 Å². The molecule has 0 saturated heterocycles. The van der Waals surface area contributed by atoms with Crippen molar-refractivity contribution in [3.05, 3.63) is 97.2 Å². The summed E-state index contributed by atoms with van der Waals surface area (Å²) in [5.41, 5.74) is 0. The lowest BCUT2D eigenvalue weighted by Gasteiger charge is -2.26. The fraction of sp³-hybridized carbons (Fsp3) is 0.756. The molecular formula is C78H137NO8. The molecular weight excluding hydrogens is 1080 g/mol. The van der Waals surface area contributed by atoms with E-state index in [0.29, 0.717) is 17.4 Å². The first-order valence-corrected chi connectivity index (χ1v) is 36.4. The average Bonchev–Trinajstić information content (AvgIpc) is 3.59. The highest BCUT2D eigenvalue weighted by molar-refractivity contribution is 5.70. The van der Waals surface area contributed by atoms with E-state index in [0.717, 1.165) is 89.9 Å². The Balaban J connectivity index is 4.05. The number of hydrogen-bond acceptors (Lipinski definition) is 8. The van der Waals surface area contributed by atoms with Gasteiger partial charge >= 0.3 is 11.9 Å². The lowest BCUT2D eigenvalue weighted by molar-refractivity contribution is -0.870. The van der Waals surface area contributed by atoms with Crippen molar-refractivity contribution < 1.29 is 42.9 Å². The summed E-state index contributed by atoms with van der Waals surface area (Å²) in [6.45, 7) is 4.64. The Hall–Kier alpha value is -3.79. The third-order valence-corrected chi connectivity index (χ3v) is 15.8. The van der Waals surface area contributed by atoms with Gasteiger partial charge in [-0.05, 0) is 96.3 Å². The molecule has 9 nitrogen and oxygen atoms in total. The predicted octanol–water partition coefficient (Wildman–Crippen LogP) is 21.5. The number of aliphatic carboxylic acids is 1. The van der Waals surface area contributed by atoms with Crippen LogP contribution in [0.25, 0.3) is 0 Å². The van der Waals surface area contributed by atoms with Crippen molar-refractivity contribution in [3.63, 3.8) is 0 Å². The molecule has 2 unspecified atom stereocenters. The molecule has 0 amide bonds. The fourth-order valence-electron chi connectivity index (χ4n) is 10.3. The molecule has 0 aromatic carbocycles. The van der Waals surface area contributed by atoms with Crippen LogP contribution in [0.2, 0.25) is 0 Å². The summed E-state index contributed by atoms with van der Waals surface area (Å²) in [5.74, 6) is -2.28. The molecule has 9 heteroatoms. The standard InChI is InChI=1S/C78H137NO8/c1-6-8-10-12-14-16-18-20-22-24-26-28-30-32-33-34-35-36-37-38-39-40-41-42-43-45-46-48-50-52-54-56-58-60-62-64-66-68-75(80)85-72-74(73-86-78(77(82)83)84-71-70-79(3,4)5)87-76(81)69-67-65-63-61-59-57-55-53-51-49-47-44-31-29-27-25-23-21-19-17-15-13-11-9-7-2/h9,11,15,17-18,20-21,23-24,26-27,29-30,32,44,47,74,78H,6-8,10,12-14,16,19,22,25,28,31,33-43,45-46,48-73H2,1-5H3/b11-9-,17-15-,20-18-,23-21-,26-24-,29-27-,32-30-,47-44-. The Morgan fingerprint density at radius 3 is 0.977 bits per heavy atom. The SMILES string of the molecule is CC/C=C\C/C=C\C/C=C\C/C=C\C/C=C\CCCCCCCCCCCC(=O)OC(COC(=O)CCCCCCCCCCCCCCCCCCCCCCCC/C=C\C/C=C\C/C=C\CCCCCCC)COC(OCC[N+](C)(C)C)C(=O)[O-]. The van der Waals surface area contributed by atoms with Crippen molar-refractivity contribution in [2.75, 3.05) is 47.5 Å². The monoisotopic (exact) mass is 1220 g/mol. The number of esters is 2. The summed E-state index contributed by atoms with van der Waals surface area (Å²) in [5, 5.41) is 11.8. The second-order valence-corrected chi connectivity index (χ2v) is 25.5. The number of carbonyl (C=O) groups excluding carboxylic acids is 3. The number of carboxylic acid groups (broad SMARTS) is 1. The van der Waals surface area contributed by atoms with Gasteiger partial charge in [0.1, 0.15) is 13.2 Å². The Morgan fingerprint density at radius 2 is 0.655 bits per heavy atom. The van der Waals surface area contributed by atoms with E-state index in [1.807, 2.05) is 21.1 Å². The van der Waals surface area contributed by atoms with Crippen LogP contribution >= 0.6 is 0 Å². The van der Waals surface area contributed by atoms with E-state index in [-0.39, 0.29) is 38.6 Å². The summed E-state index contributed by atoms with van der Waals surface area (Å²) >= 11 is 0. The number of rotatable bonds is 67. The molecule has 0 aliphatic rings. The molecule has 0 aliphatic carbocycles. The Labute approximate surface area is 537 Å². The zero-order chi connectivity index (χ0) is 63.3. The first-order valence-electron chi connectivity index (χ1n) is 36.4. The molecule has 0 bridgehead atoms. The van der Waals surface area contributed by atoms with Crippen molar-refractivity contribution in [1.29, 1.82) is 0 Å². The van der Waals surface area contributed by atoms with Crippen molar-refractivity contribution in [3.8, 4) is 0 Å². The van der Waals surface area contributed by atoms with E-state index in [1.54, 1.807) is 0 Å². The zero-order valence-electron chi connectivity index (χ0n) is 57.4. The minimum Gasteiger partial charge on any atom is -0.545 e. The maximum Gasteiger partial charge on any atom is 0.306 e. The van der Waals surface area contributed by atoms with E-state index in [9.17, 15) is 19.5 Å². The van der Waals surface area contributed by atoms with Gasteiger partial charge in [0.2, 0.25) is 0 Å². The molecule has 0 saturated carbocycles. The molecule has 0 N–H and O–H groups in total. The molecule has 0 heterocycles. The predicted molar refractivity (Wildman–Crippen MR) is 371 cm³/mol. The highest BCUT2D eigenvalue weighted by Crippen LogP contribution is 2.18. The van der Waals surface area contributed by atoms with Gasteiger partial charge in [-0.3, -0.25) is 9.59 Å². The molecule has 0 aromatic rings. The highest BCUT2D eigenvalue weighted by Gasteiger charge is 2.22. The van der Waals surface area contributed by atoms with Crippen molar-refractivity contribution in [2.24, 2.45) is 0 Å². The Kier molecular flexibility index (Phi) is 65.2. The first kappa shape index (κ1) is 83.2. The fourth-order valence-corrected chi connectivity index (χ4v) is 10.3. The summed E-state index contributed by atoms with van der Waals surface area (Å²) in [6.07, 6.45) is 90.7. The van der Waals surface area contributed by atoms with Crippen LogP contribution in [0.3, 0.4) is 0 Å². The molecule has 502 valence electrons. The van der Waals surface area contributed by atoms with Gasteiger partial charge in [-0.15, -0.1) is 0 Å². The first-order chi connectivity index (χ1) is 42.6. The van der Waals surface area contributed by atoms with Gasteiger partial charge in [-0.2, -0.15) is 0 Å². The van der Waals surface area contributed by atoms with Gasteiger partial charge in [-0.1, -0.05) is 310 Å². The van der Waals surface area contributed by atoms with Crippen LogP contribution < -0.4 is 5.11 Å². The summed E-state index contributed by atoms with van der Waals surface area (Å²) in [6, 6.07) is 0. The Bertz CT molecular complexity index is 1750. The minimum atomic E-state index is -1.63. The van der Waals surface area contributed by atoms with Crippen molar-refractivity contribution in [2.45, 2.75) is 334 Å². The number of ether oxygens (including phenoxy) is 4. The molecule has 0 radical (unpaired) electrons. The number of unbranched alkanes of at least 4 members (excludes halogenated alkanes) is 36. The third kappa shape index (κ3) is 69.5. The van der Waals surface area contributed by atoms with Gasteiger partial charge in [0.05, 0.1) is 40.3 Å². The molecule has 0 aliphatic heterocycles. The van der Waals surface area contributed by atoms with E-state index >= 15 is 0 Å².